The minimum atomic E-state index is -0.00755. The number of halogens is 1. The van der Waals surface area contributed by atoms with Gasteiger partial charge in [0.25, 0.3) is 0 Å². The Hall–Kier alpha value is -1.28. The first-order chi connectivity index (χ1) is 8.24. The molecule has 1 fully saturated rings. The quantitative estimate of drug-likeness (QED) is 0.818. The van der Waals surface area contributed by atoms with Gasteiger partial charge in [-0.05, 0) is 36.6 Å². The van der Waals surface area contributed by atoms with E-state index in [1.165, 1.54) is 12.8 Å². The number of rotatable bonds is 3. The van der Waals surface area contributed by atoms with E-state index in [0.29, 0.717) is 11.1 Å². The second-order valence-electron chi connectivity index (χ2n) is 4.37. The molecule has 17 heavy (non-hydrogen) atoms. The molecule has 1 aliphatic carbocycles. The molecule has 1 amide bonds. The van der Waals surface area contributed by atoms with Crippen LogP contribution in [0, 0.1) is 0 Å². The van der Waals surface area contributed by atoms with Crippen LogP contribution in [0.3, 0.4) is 0 Å². The summed E-state index contributed by atoms with van der Waals surface area (Å²) in [6, 6.07) is 7.78. The van der Waals surface area contributed by atoms with Crippen LogP contribution in [-0.4, -0.2) is 11.9 Å². The van der Waals surface area contributed by atoms with Crippen LogP contribution in [0.25, 0.3) is 6.08 Å². The topological polar surface area (TPSA) is 29.1 Å². The lowest BCUT2D eigenvalue weighted by molar-refractivity contribution is -0.117. The van der Waals surface area contributed by atoms with Crippen LogP contribution >= 0.6 is 11.6 Å². The highest BCUT2D eigenvalue weighted by Crippen LogP contribution is 2.17. The van der Waals surface area contributed by atoms with E-state index in [9.17, 15) is 4.79 Å². The molecule has 90 valence electrons. The number of amides is 1. The average Bonchev–Trinajstić information content (AvgIpc) is 2.81. The van der Waals surface area contributed by atoms with Gasteiger partial charge in [0.05, 0.1) is 0 Å². The number of benzene rings is 1. The molecule has 1 aromatic carbocycles. The third-order valence-corrected chi connectivity index (χ3v) is 3.25. The average molecular weight is 250 g/mol. The summed E-state index contributed by atoms with van der Waals surface area (Å²) < 4.78 is 0. The minimum absolute atomic E-state index is 0.00755. The van der Waals surface area contributed by atoms with Crippen molar-refractivity contribution in [3.63, 3.8) is 0 Å². The number of hydrogen-bond acceptors (Lipinski definition) is 1. The van der Waals surface area contributed by atoms with Crippen molar-refractivity contribution in [2.75, 3.05) is 0 Å². The van der Waals surface area contributed by atoms with E-state index in [4.69, 9.17) is 11.6 Å². The van der Waals surface area contributed by atoms with E-state index in [2.05, 4.69) is 5.32 Å². The largest absolute Gasteiger partial charge is 0.350 e. The van der Waals surface area contributed by atoms with Crippen LogP contribution in [0.2, 0.25) is 5.02 Å². The molecule has 0 bridgehead atoms. The zero-order valence-corrected chi connectivity index (χ0v) is 10.4. The lowest BCUT2D eigenvalue weighted by Crippen LogP contribution is -2.30. The highest BCUT2D eigenvalue weighted by Gasteiger charge is 2.15. The number of nitrogens with one attached hydrogen (secondary N) is 1. The fraction of sp³-hybridized carbons (Fsp3) is 0.357. The van der Waals surface area contributed by atoms with Crippen LogP contribution < -0.4 is 5.32 Å². The van der Waals surface area contributed by atoms with Gasteiger partial charge in [-0.15, -0.1) is 0 Å². The standard InChI is InChI=1S/C14H16ClNO/c15-12-8-5-11(6-9-12)7-10-14(17)16-13-3-1-2-4-13/h5-10,13H,1-4H2,(H,16,17). The summed E-state index contributed by atoms with van der Waals surface area (Å²) in [6.45, 7) is 0. The minimum Gasteiger partial charge on any atom is -0.350 e. The second kappa shape index (κ2) is 5.87. The van der Waals surface area contributed by atoms with E-state index < -0.39 is 0 Å². The van der Waals surface area contributed by atoms with Gasteiger partial charge in [-0.2, -0.15) is 0 Å². The van der Waals surface area contributed by atoms with Gasteiger partial charge < -0.3 is 5.32 Å². The Morgan fingerprint density at radius 3 is 2.53 bits per heavy atom. The molecule has 1 aliphatic rings. The molecule has 0 saturated heterocycles. The highest BCUT2D eigenvalue weighted by atomic mass is 35.5. The fourth-order valence-electron chi connectivity index (χ4n) is 2.07. The van der Waals surface area contributed by atoms with Crippen LogP contribution in [-0.2, 0) is 4.79 Å². The maximum Gasteiger partial charge on any atom is 0.244 e. The number of carbonyl (C=O) groups excluding carboxylic acids is 1. The molecule has 1 aromatic rings. The van der Waals surface area contributed by atoms with Gasteiger partial charge >= 0.3 is 0 Å². The normalized spacial score (nSPS) is 16.5. The summed E-state index contributed by atoms with van der Waals surface area (Å²) in [5, 5.41) is 3.71. The van der Waals surface area contributed by atoms with Gasteiger partial charge in [0.2, 0.25) is 5.91 Å². The Morgan fingerprint density at radius 2 is 1.88 bits per heavy atom. The Bertz CT molecular complexity index is 405. The van der Waals surface area contributed by atoms with Crippen molar-refractivity contribution in [2.24, 2.45) is 0 Å². The SMILES string of the molecule is O=C(C=Cc1ccc(Cl)cc1)NC1CCCC1. The van der Waals surface area contributed by atoms with Crippen molar-refractivity contribution < 1.29 is 4.79 Å². The molecular formula is C14H16ClNO. The predicted molar refractivity (Wildman–Crippen MR) is 70.9 cm³/mol. The molecule has 0 unspecified atom stereocenters. The molecule has 3 heteroatoms. The van der Waals surface area contributed by atoms with Crippen LogP contribution in [0.1, 0.15) is 31.2 Å². The first kappa shape index (κ1) is 12.2. The summed E-state index contributed by atoms with van der Waals surface area (Å²) in [6.07, 6.45) is 8.07. The van der Waals surface area contributed by atoms with E-state index in [1.807, 2.05) is 24.3 Å². The molecule has 0 aromatic heterocycles. The van der Waals surface area contributed by atoms with Crippen molar-refractivity contribution in [3.05, 3.63) is 40.9 Å². The third-order valence-electron chi connectivity index (χ3n) is 3.00. The predicted octanol–water partition coefficient (Wildman–Crippen LogP) is 3.41. The molecule has 0 radical (unpaired) electrons. The Balaban J connectivity index is 1.86. The molecule has 1 saturated carbocycles. The van der Waals surface area contributed by atoms with Crippen molar-refractivity contribution in [2.45, 2.75) is 31.7 Å². The summed E-state index contributed by atoms with van der Waals surface area (Å²) >= 11 is 5.78. The molecule has 2 rings (SSSR count). The maximum absolute atomic E-state index is 11.6. The van der Waals surface area contributed by atoms with Crippen molar-refractivity contribution in [1.82, 2.24) is 5.32 Å². The molecule has 2 nitrogen and oxygen atoms in total. The molecule has 0 spiro atoms. The third kappa shape index (κ3) is 3.90. The van der Waals surface area contributed by atoms with Gasteiger partial charge in [-0.3, -0.25) is 4.79 Å². The molecule has 0 heterocycles. The first-order valence-electron chi connectivity index (χ1n) is 5.98. The molecule has 1 N–H and O–H groups in total. The summed E-state index contributed by atoms with van der Waals surface area (Å²) in [5.74, 6) is -0.00755. The van der Waals surface area contributed by atoms with E-state index in [1.54, 1.807) is 12.2 Å². The van der Waals surface area contributed by atoms with Crippen molar-refractivity contribution >= 4 is 23.6 Å². The van der Waals surface area contributed by atoms with Gasteiger partial charge in [0.1, 0.15) is 0 Å². The van der Waals surface area contributed by atoms with Gasteiger partial charge in [-0.25, -0.2) is 0 Å². The highest BCUT2D eigenvalue weighted by molar-refractivity contribution is 6.30. The molecule has 0 atom stereocenters. The fourth-order valence-corrected chi connectivity index (χ4v) is 2.19. The first-order valence-corrected chi connectivity index (χ1v) is 6.36. The summed E-state index contributed by atoms with van der Waals surface area (Å²) in [4.78, 5) is 11.6. The lowest BCUT2D eigenvalue weighted by atomic mass is 10.2. The zero-order valence-electron chi connectivity index (χ0n) is 9.66. The Labute approximate surface area is 107 Å². The van der Waals surface area contributed by atoms with Crippen molar-refractivity contribution in [3.8, 4) is 0 Å². The van der Waals surface area contributed by atoms with Crippen LogP contribution in [0.4, 0.5) is 0 Å². The van der Waals surface area contributed by atoms with E-state index in [-0.39, 0.29) is 5.91 Å². The second-order valence-corrected chi connectivity index (χ2v) is 4.81. The molecular weight excluding hydrogens is 234 g/mol. The van der Waals surface area contributed by atoms with E-state index >= 15 is 0 Å². The van der Waals surface area contributed by atoms with Crippen LogP contribution in [0.15, 0.2) is 30.3 Å². The lowest BCUT2D eigenvalue weighted by Gasteiger charge is -2.08. The number of hydrogen-bond donors (Lipinski definition) is 1. The zero-order chi connectivity index (χ0) is 12.1. The van der Waals surface area contributed by atoms with Gasteiger partial charge in [0, 0.05) is 17.1 Å². The maximum atomic E-state index is 11.6. The van der Waals surface area contributed by atoms with Gasteiger partial charge in [0.15, 0.2) is 0 Å². The summed E-state index contributed by atoms with van der Waals surface area (Å²) in [5.41, 5.74) is 0.982. The smallest absolute Gasteiger partial charge is 0.244 e. The summed E-state index contributed by atoms with van der Waals surface area (Å²) in [7, 11) is 0. The molecule has 0 aliphatic heterocycles. The van der Waals surface area contributed by atoms with Crippen molar-refractivity contribution in [1.29, 1.82) is 0 Å². The van der Waals surface area contributed by atoms with Gasteiger partial charge in [-0.1, -0.05) is 36.6 Å². The number of carbonyl (C=O) groups is 1. The Morgan fingerprint density at radius 1 is 1.24 bits per heavy atom. The van der Waals surface area contributed by atoms with Crippen LogP contribution in [0.5, 0.6) is 0 Å². The monoisotopic (exact) mass is 249 g/mol. The van der Waals surface area contributed by atoms with E-state index in [0.717, 1.165) is 18.4 Å². The Kier molecular flexibility index (Phi) is 4.21.